The lowest BCUT2D eigenvalue weighted by molar-refractivity contribution is -0.358. The van der Waals surface area contributed by atoms with Crippen LogP contribution >= 0.6 is 0 Å². The molecule has 3 saturated heterocycles. The van der Waals surface area contributed by atoms with E-state index in [9.17, 15) is 49.5 Å². The van der Waals surface area contributed by atoms with Crippen LogP contribution in [0.25, 0.3) is 6.08 Å². The molecule has 6 N–H and O–H groups in total. The molecule has 16 nitrogen and oxygen atoms in total. The van der Waals surface area contributed by atoms with Crippen molar-refractivity contribution in [2.24, 2.45) is 5.41 Å². The molecule has 1 amide bonds. The highest BCUT2D eigenvalue weighted by atomic mass is 16.7. The molecule has 1 aromatic heterocycles. The lowest BCUT2D eigenvalue weighted by atomic mass is 9.60. The number of aliphatic hydroxyl groups excluding tert-OH is 1. The number of H-pyrrole nitrogens is 1. The molecule has 318 valence electrons. The number of nitrogens with zero attached hydrogens (tertiary/aromatic N) is 3. The van der Waals surface area contributed by atoms with Crippen LogP contribution in [0.3, 0.4) is 0 Å². The first kappa shape index (κ1) is 44.8. The number of aliphatic hydroxyl groups is 4. The molecule has 0 radical (unpaired) electrons. The zero-order valence-corrected chi connectivity index (χ0v) is 34.4. The van der Waals surface area contributed by atoms with Gasteiger partial charge in [-0.05, 0) is 108 Å². The van der Waals surface area contributed by atoms with Crippen LogP contribution < -0.4 is 4.74 Å². The van der Waals surface area contributed by atoms with Gasteiger partial charge in [-0.2, -0.15) is 0 Å². The van der Waals surface area contributed by atoms with Crippen LogP contribution in [0.4, 0.5) is 4.79 Å². The second kappa shape index (κ2) is 17.1. The second-order valence-electron chi connectivity index (χ2n) is 16.7. The second-order valence-corrected chi connectivity index (χ2v) is 16.7. The van der Waals surface area contributed by atoms with E-state index < -0.39 is 64.5 Å². The van der Waals surface area contributed by atoms with E-state index in [2.05, 4.69) is 27.2 Å². The van der Waals surface area contributed by atoms with E-state index in [0.717, 1.165) is 96.1 Å². The molecule has 2 aromatic rings. The third-order valence-corrected chi connectivity index (χ3v) is 12.7. The van der Waals surface area contributed by atoms with Gasteiger partial charge in [0.2, 0.25) is 23.4 Å². The minimum absolute atomic E-state index is 0.138. The van der Waals surface area contributed by atoms with Crippen molar-refractivity contribution in [1.29, 1.82) is 0 Å². The summed E-state index contributed by atoms with van der Waals surface area (Å²) in [6.45, 7) is 13.2. The summed E-state index contributed by atoms with van der Waals surface area (Å²) in [5.74, 6) is -5.44. The Bertz CT molecular complexity index is 1930. The Morgan fingerprint density at radius 2 is 1.55 bits per heavy atom. The van der Waals surface area contributed by atoms with Crippen LogP contribution in [-0.4, -0.2) is 143 Å². The van der Waals surface area contributed by atoms with Gasteiger partial charge >= 0.3 is 6.09 Å². The van der Waals surface area contributed by atoms with Crippen molar-refractivity contribution in [2.45, 2.75) is 128 Å². The maximum Gasteiger partial charge on any atom is 0.407 e. The average molecular weight is 811 g/mol. The van der Waals surface area contributed by atoms with Gasteiger partial charge in [-0.1, -0.05) is 44.2 Å². The van der Waals surface area contributed by atoms with Gasteiger partial charge in [0.15, 0.2) is 28.7 Å². The van der Waals surface area contributed by atoms with Crippen LogP contribution in [0.15, 0.2) is 24.3 Å². The number of benzene rings is 1. The zero-order chi connectivity index (χ0) is 43.0. The van der Waals surface area contributed by atoms with Crippen LogP contribution in [0.1, 0.15) is 108 Å². The number of aromatic nitrogens is 2. The quantitative estimate of drug-likeness (QED) is 0.161. The number of aromatic amines is 1. The molecule has 3 aliphatic heterocycles. The summed E-state index contributed by atoms with van der Waals surface area (Å²) in [4.78, 5) is 67.1. The van der Waals surface area contributed by atoms with Crippen molar-refractivity contribution in [3.63, 3.8) is 0 Å². The largest absolute Gasteiger partial charge is 0.465 e. The average Bonchev–Trinajstić information content (AvgIpc) is 3.56. The molecule has 1 unspecified atom stereocenters. The number of hydrogen-bond acceptors (Lipinski definition) is 13. The number of amides is 1. The lowest BCUT2D eigenvalue weighted by Gasteiger charge is -2.57. The zero-order valence-electron chi connectivity index (χ0n) is 34.4. The summed E-state index contributed by atoms with van der Waals surface area (Å²) < 4.78 is 11.8. The summed E-state index contributed by atoms with van der Waals surface area (Å²) in [7, 11) is 0. The van der Waals surface area contributed by atoms with E-state index in [4.69, 9.17) is 9.47 Å². The molecular formula is C42H58N4O12. The van der Waals surface area contributed by atoms with E-state index in [1.54, 1.807) is 0 Å². The van der Waals surface area contributed by atoms with Gasteiger partial charge in [-0.25, -0.2) is 4.79 Å². The van der Waals surface area contributed by atoms with Crippen molar-refractivity contribution >= 4 is 35.3 Å². The molecule has 1 aromatic carbocycles. The molecule has 1 spiro atoms. The SMILES string of the molecule is CC(=O)C(O)[C@H]1O[C@@H](Oc2n[nH]c(C(C)C)c2Cc2ccc(/C=C/CCN3CCC4(CC3)CCN(C(=O)O)CC4)cc2C)[C@@](O)(C(C)=O)[C@](O)(C(C)=O)[C@@]1(O)C(C)=O. The molecule has 5 rings (SSSR count). The molecular weight excluding hydrogens is 752 g/mol. The van der Waals surface area contributed by atoms with E-state index in [-0.39, 0.29) is 23.6 Å². The minimum atomic E-state index is -3.64. The van der Waals surface area contributed by atoms with Crippen molar-refractivity contribution in [1.82, 2.24) is 20.0 Å². The Hall–Kier alpha value is -4.32. The third kappa shape index (κ3) is 8.02. The lowest BCUT2D eigenvalue weighted by Crippen LogP contribution is -2.87. The monoisotopic (exact) mass is 810 g/mol. The number of Topliss-reactive ketones (excluding diaryl/α,β-unsaturated/α-hetero) is 4. The molecule has 0 saturated carbocycles. The van der Waals surface area contributed by atoms with Crippen LogP contribution in [0.5, 0.6) is 5.88 Å². The van der Waals surface area contributed by atoms with E-state index >= 15 is 0 Å². The number of carboxylic acid groups (broad SMARTS) is 1. The van der Waals surface area contributed by atoms with Crippen LogP contribution in [0.2, 0.25) is 0 Å². The Balaban J connectivity index is 1.33. The van der Waals surface area contributed by atoms with Gasteiger partial charge < -0.3 is 44.8 Å². The fourth-order valence-electron chi connectivity index (χ4n) is 8.86. The number of carbonyl (C=O) groups excluding carboxylic acids is 4. The molecule has 0 aliphatic carbocycles. The van der Waals surface area contributed by atoms with Gasteiger partial charge in [0, 0.05) is 37.3 Å². The van der Waals surface area contributed by atoms with Crippen molar-refractivity contribution < 1.29 is 59.0 Å². The predicted octanol–water partition coefficient (Wildman–Crippen LogP) is 2.71. The number of ether oxygens (including phenoxy) is 2. The van der Waals surface area contributed by atoms with Gasteiger partial charge in [0.05, 0.1) is 0 Å². The Morgan fingerprint density at radius 1 is 0.948 bits per heavy atom. The maximum atomic E-state index is 13.3. The number of aryl methyl sites for hydroxylation is 1. The first-order chi connectivity index (χ1) is 27.1. The van der Waals surface area contributed by atoms with Crippen LogP contribution in [-0.2, 0) is 30.3 Å². The number of rotatable bonds is 14. The van der Waals surface area contributed by atoms with Gasteiger partial charge in [-0.15, -0.1) is 5.10 Å². The highest BCUT2D eigenvalue weighted by Gasteiger charge is 2.80. The van der Waals surface area contributed by atoms with Gasteiger partial charge in [-0.3, -0.25) is 24.3 Å². The maximum absolute atomic E-state index is 13.3. The third-order valence-electron chi connectivity index (χ3n) is 12.7. The Morgan fingerprint density at radius 3 is 2.07 bits per heavy atom. The first-order valence-corrected chi connectivity index (χ1v) is 19.9. The first-order valence-electron chi connectivity index (χ1n) is 19.9. The number of likely N-dealkylation sites (tertiary alicyclic amines) is 2. The molecule has 16 heteroatoms. The van der Waals surface area contributed by atoms with E-state index in [1.165, 1.54) is 4.90 Å². The fraction of sp³-hybridized carbons (Fsp3) is 0.619. The van der Waals surface area contributed by atoms with E-state index in [1.807, 2.05) is 39.0 Å². The minimum Gasteiger partial charge on any atom is -0.465 e. The Kier molecular flexibility index (Phi) is 13.2. The van der Waals surface area contributed by atoms with Crippen molar-refractivity contribution in [3.8, 4) is 5.88 Å². The predicted molar refractivity (Wildman–Crippen MR) is 210 cm³/mol. The van der Waals surface area contributed by atoms with Gasteiger partial charge in [0.1, 0.15) is 12.2 Å². The topological polar surface area (TPSA) is 240 Å². The standard InChI is InChI=1S/C42H58N4O12/c1-24(2)33-32(23-31-12-11-30(22-25(31)3)10-8-9-17-45-18-13-39(14-19-45)15-20-46(21-16-39)38(52)53)36(44-43-33)58-37-41(55,28(6)49)42(56,29(7)50)40(54,27(5)48)35(57-37)34(51)26(4)47/h8,10-12,22,24,34-35,37,51,54-56H,9,13-21,23H2,1-7H3,(H,43,44)(H,52,53)/b10-8+/t34?,35-,37+,40-,41+,42+/m1/s1. The molecule has 3 aliphatic rings. The number of nitrogens with one attached hydrogen (secondary N) is 1. The molecule has 4 heterocycles. The molecule has 3 fully saturated rings. The van der Waals surface area contributed by atoms with Crippen molar-refractivity contribution in [3.05, 3.63) is 52.2 Å². The number of carbonyl (C=O) groups is 5. The Labute approximate surface area is 338 Å². The van der Waals surface area contributed by atoms with Gasteiger partial charge in [0.25, 0.3) is 0 Å². The summed E-state index contributed by atoms with van der Waals surface area (Å²) in [5, 5.41) is 62.9. The number of hydrogen-bond donors (Lipinski definition) is 6. The summed E-state index contributed by atoms with van der Waals surface area (Å²) in [5.41, 5.74) is -6.36. The number of ketones is 4. The smallest absolute Gasteiger partial charge is 0.407 e. The normalized spacial score (nSPS) is 28.2. The molecule has 0 bridgehead atoms. The molecule has 58 heavy (non-hydrogen) atoms. The molecule has 6 atom stereocenters. The highest BCUT2D eigenvalue weighted by molar-refractivity contribution is 6.05. The summed E-state index contributed by atoms with van der Waals surface area (Å²) >= 11 is 0. The van der Waals surface area contributed by atoms with E-state index in [0.29, 0.717) is 24.3 Å². The highest BCUT2D eigenvalue weighted by Crippen LogP contribution is 2.48. The summed E-state index contributed by atoms with van der Waals surface area (Å²) in [6.07, 6.45) is 1.54. The fourth-order valence-corrected chi connectivity index (χ4v) is 8.86. The number of piperidine rings is 2. The van der Waals surface area contributed by atoms with Crippen molar-refractivity contribution in [2.75, 3.05) is 32.7 Å². The summed E-state index contributed by atoms with van der Waals surface area (Å²) in [6, 6.07) is 5.97. The van der Waals surface area contributed by atoms with Crippen LogP contribution in [0, 0.1) is 12.3 Å².